The van der Waals surface area contributed by atoms with Gasteiger partial charge in [-0.3, -0.25) is 4.79 Å². The summed E-state index contributed by atoms with van der Waals surface area (Å²) in [5.41, 5.74) is 2.73. The molecule has 0 aliphatic heterocycles. The van der Waals surface area contributed by atoms with E-state index in [0.717, 1.165) is 21.9 Å². The highest BCUT2D eigenvalue weighted by atomic mass is 32.2. The Balaban J connectivity index is 1.52. The molecule has 2 N–H and O–H groups in total. The Morgan fingerprint density at radius 3 is 2.24 bits per heavy atom. The molecule has 0 bridgehead atoms. The molecule has 1 unspecified atom stereocenters. The number of ether oxygens (including phenoxy) is 1. The smallest absolute Gasteiger partial charge is 0.338 e. The standard InChI is InChI=1S/C30H30N2O5S/c1-3-37-30(34)23-12-14-27(15-13-23)32-29(33)19-26(25-11-10-22-6-4-5-7-24(22)18-25)20-31-38(35,36)28-16-8-21(2)9-17-28/h4-18,26,31H,3,19-20H2,1-2H3,(H,32,33). The molecule has 0 saturated carbocycles. The number of hydrogen-bond acceptors (Lipinski definition) is 5. The number of rotatable bonds is 10. The van der Waals surface area contributed by atoms with Crippen LogP contribution in [0.1, 0.15) is 40.7 Å². The van der Waals surface area contributed by atoms with Crippen molar-refractivity contribution in [3.8, 4) is 0 Å². The topological polar surface area (TPSA) is 102 Å². The summed E-state index contributed by atoms with van der Waals surface area (Å²) in [5, 5.41) is 4.91. The maximum atomic E-state index is 13.0. The van der Waals surface area contributed by atoms with E-state index in [2.05, 4.69) is 10.0 Å². The van der Waals surface area contributed by atoms with Crippen LogP contribution in [0, 0.1) is 6.92 Å². The Morgan fingerprint density at radius 2 is 1.55 bits per heavy atom. The maximum absolute atomic E-state index is 13.0. The number of aryl methyl sites for hydroxylation is 1. The first kappa shape index (κ1) is 27.0. The van der Waals surface area contributed by atoms with E-state index in [1.54, 1.807) is 55.5 Å². The molecule has 1 amide bonds. The molecule has 4 aromatic carbocycles. The number of anilines is 1. The molecule has 4 rings (SSSR count). The molecule has 4 aromatic rings. The van der Waals surface area contributed by atoms with Crippen molar-refractivity contribution in [2.75, 3.05) is 18.5 Å². The van der Waals surface area contributed by atoms with Crippen molar-refractivity contribution in [3.05, 3.63) is 108 Å². The van der Waals surface area contributed by atoms with Crippen LogP contribution in [0.2, 0.25) is 0 Å². The predicted octanol–water partition coefficient (Wildman–Crippen LogP) is 5.42. The second-order valence-electron chi connectivity index (χ2n) is 9.02. The third kappa shape index (κ3) is 6.85. The van der Waals surface area contributed by atoms with Crippen LogP contribution in [0.4, 0.5) is 5.69 Å². The number of carbonyl (C=O) groups excluding carboxylic acids is 2. The first-order valence-electron chi connectivity index (χ1n) is 12.4. The van der Waals surface area contributed by atoms with Gasteiger partial charge in [0, 0.05) is 24.6 Å². The van der Waals surface area contributed by atoms with Crippen molar-refractivity contribution in [2.24, 2.45) is 0 Å². The van der Waals surface area contributed by atoms with Crippen LogP contribution in [0.25, 0.3) is 10.8 Å². The van der Waals surface area contributed by atoms with E-state index < -0.39 is 21.9 Å². The molecule has 0 aliphatic carbocycles. The van der Waals surface area contributed by atoms with E-state index in [0.29, 0.717) is 11.3 Å². The SMILES string of the molecule is CCOC(=O)c1ccc(NC(=O)CC(CNS(=O)(=O)c2ccc(C)cc2)c2ccc3ccccc3c2)cc1. The van der Waals surface area contributed by atoms with Crippen molar-refractivity contribution >= 4 is 38.4 Å². The van der Waals surface area contributed by atoms with Gasteiger partial charge in [-0.25, -0.2) is 17.9 Å². The van der Waals surface area contributed by atoms with Gasteiger partial charge in [0.25, 0.3) is 0 Å². The minimum Gasteiger partial charge on any atom is -0.462 e. The van der Waals surface area contributed by atoms with Gasteiger partial charge in [0.1, 0.15) is 0 Å². The molecule has 0 aliphatic rings. The quantitative estimate of drug-likeness (QED) is 0.267. The zero-order valence-corrected chi connectivity index (χ0v) is 22.1. The second-order valence-corrected chi connectivity index (χ2v) is 10.8. The summed E-state index contributed by atoms with van der Waals surface area (Å²) in [6, 6.07) is 26.8. The van der Waals surface area contributed by atoms with Gasteiger partial charge in [0.05, 0.1) is 17.1 Å². The van der Waals surface area contributed by atoms with Crippen LogP contribution >= 0.6 is 0 Å². The molecule has 196 valence electrons. The Hall–Kier alpha value is -4.01. The summed E-state index contributed by atoms with van der Waals surface area (Å²) in [4.78, 5) is 25.1. The Kier molecular flexibility index (Phi) is 8.55. The molecule has 0 radical (unpaired) electrons. The molecular formula is C30H30N2O5S. The molecule has 7 nitrogen and oxygen atoms in total. The first-order chi connectivity index (χ1) is 18.2. The van der Waals surface area contributed by atoms with Gasteiger partial charge in [-0.05, 0) is 66.6 Å². The van der Waals surface area contributed by atoms with E-state index in [-0.39, 0.29) is 30.4 Å². The highest BCUT2D eigenvalue weighted by Crippen LogP contribution is 2.25. The Morgan fingerprint density at radius 1 is 0.868 bits per heavy atom. The molecule has 0 saturated heterocycles. The monoisotopic (exact) mass is 530 g/mol. The summed E-state index contributed by atoms with van der Waals surface area (Å²) in [5.74, 6) is -1.12. The Bertz CT molecular complexity index is 1530. The van der Waals surface area contributed by atoms with Gasteiger partial charge >= 0.3 is 5.97 Å². The van der Waals surface area contributed by atoms with E-state index in [1.807, 2.05) is 49.4 Å². The summed E-state index contributed by atoms with van der Waals surface area (Å²) < 4.78 is 33.6. The number of fused-ring (bicyclic) bond motifs is 1. The molecule has 1 atom stereocenters. The lowest BCUT2D eigenvalue weighted by molar-refractivity contribution is -0.116. The first-order valence-corrected chi connectivity index (χ1v) is 13.9. The average molecular weight is 531 g/mol. The summed E-state index contributed by atoms with van der Waals surface area (Å²) in [6.07, 6.45) is 0.0500. The second kappa shape index (κ2) is 12.0. The zero-order chi connectivity index (χ0) is 27.1. The number of carbonyl (C=O) groups is 2. The maximum Gasteiger partial charge on any atom is 0.338 e. The van der Waals surface area contributed by atoms with Crippen LogP contribution in [0.15, 0.2) is 95.9 Å². The number of esters is 1. The van der Waals surface area contributed by atoms with Gasteiger partial charge < -0.3 is 10.1 Å². The van der Waals surface area contributed by atoms with Crippen molar-refractivity contribution < 1.29 is 22.7 Å². The average Bonchev–Trinajstić information content (AvgIpc) is 2.91. The van der Waals surface area contributed by atoms with Gasteiger partial charge in [0.2, 0.25) is 15.9 Å². The third-order valence-corrected chi connectivity index (χ3v) is 7.65. The van der Waals surface area contributed by atoms with Crippen LogP contribution < -0.4 is 10.0 Å². The minimum absolute atomic E-state index is 0.0454. The van der Waals surface area contributed by atoms with Crippen LogP contribution in [-0.2, 0) is 19.6 Å². The number of hydrogen-bond donors (Lipinski definition) is 2. The summed E-state index contributed by atoms with van der Waals surface area (Å²) in [7, 11) is -3.76. The molecule has 0 aromatic heterocycles. The van der Waals surface area contributed by atoms with Gasteiger partial charge in [-0.15, -0.1) is 0 Å². The highest BCUT2D eigenvalue weighted by Gasteiger charge is 2.21. The molecule has 0 fully saturated rings. The lowest BCUT2D eigenvalue weighted by Gasteiger charge is -2.19. The number of benzene rings is 4. The van der Waals surface area contributed by atoms with Crippen LogP contribution in [-0.4, -0.2) is 33.4 Å². The normalized spacial score (nSPS) is 12.2. The van der Waals surface area contributed by atoms with Crippen molar-refractivity contribution in [1.29, 1.82) is 0 Å². The van der Waals surface area contributed by atoms with Gasteiger partial charge in [-0.1, -0.05) is 60.2 Å². The number of nitrogens with one attached hydrogen (secondary N) is 2. The molecular weight excluding hydrogens is 500 g/mol. The minimum atomic E-state index is -3.76. The summed E-state index contributed by atoms with van der Waals surface area (Å²) in [6.45, 7) is 3.95. The lowest BCUT2D eigenvalue weighted by Crippen LogP contribution is -2.30. The number of sulfonamides is 1. The van der Waals surface area contributed by atoms with Gasteiger partial charge in [-0.2, -0.15) is 0 Å². The third-order valence-electron chi connectivity index (χ3n) is 6.21. The van der Waals surface area contributed by atoms with Gasteiger partial charge in [0.15, 0.2) is 0 Å². The van der Waals surface area contributed by atoms with Crippen molar-refractivity contribution in [3.63, 3.8) is 0 Å². The van der Waals surface area contributed by atoms with Crippen molar-refractivity contribution in [2.45, 2.75) is 31.1 Å². The van der Waals surface area contributed by atoms with E-state index in [1.165, 1.54) is 0 Å². The number of amides is 1. The fourth-order valence-corrected chi connectivity index (χ4v) is 5.20. The molecule has 38 heavy (non-hydrogen) atoms. The van der Waals surface area contributed by atoms with E-state index in [4.69, 9.17) is 4.74 Å². The fraction of sp³-hybridized carbons (Fsp3) is 0.200. The van der Waals surface area contributed by atoms with Crippen LogP contribution in [0.3, 0.4) is 0 Å². The molecule has 8 heteroatoms. The lowest BCUT2D eigenvalue weighted by atomic mass is 9.93. The van der Waals surface area contributed by atoms with Crippen LogP contribution in [0.5, 0.6) is 0 Å². The predicted molar refractivity (Wildman–Crippen MR) is 149 cm³/mol. The Labute approximate surface area is 222 Å². The van der Waals surface area contributed by atoms with E-state index in [9.17, 15) is 18.0 Å². The summed E-state index contributed by atoms with van der Waals surface area (Å²) >= 11 is 0. The highest BCUT2D eigenvalue weighted by molar-refractivity contribution is 7.89. The van der Waals surface area contributed by atoms with Crippen molar-refractivity contribution in [1.82, 2.24) is 4.72 Å². The molecule has 0 spiro atoms. The molecule has 0 heterocycles. The largest absolute Gasteiger partial charge is 0.462 e. The van der Waals surface area contributed by atoms with E-state index >= 15 is 0 Å². The zero-order valence-electron chi connectivity index (χ0n) is 21.3. The fourth-order valence-electron chi connectivity index (χ4n) is 4.12.